The van der Waals surface area contributed by atoms with E-state index < -0.39 is 0 Å². The molecule has 2 fully saturated rings. The highest BCUT2D eigenvalue weighted by atomic mass is 16.5. The van der Waals surface area contributed by atoms with Gasteiger partial charge in [0.25, 0.3) is 0 Å². The third-order valence-electron chi connectivity index (χ3n) is 4.63. The lowest BCUT2D eigenvalue weighted by Crippen LogP contribution is -2.56. The van der Waals surface area contributed by atoms with Crippen LogP contribution in [0.25, 0.3) is 0 Å². The van der Waals surface area contributed by atoms with Crippen LogP contribution in [0.15, 0.2) is 24.3 Å². The van der Waals surface area contributed by atoms with Crippen LogP contribution in [0.2, 0.25) is 0 Å². The molecule has 1 aromatic carbocycles. The van der Waals surface area contributed by atoms with E-state index in [4.69, 9.17) is 4.74 Å². The average molecular weight is 260 g/mol. The van der Waals surface area contributed by atoms with Crippen molar-refractivity contribution in [2.24, 2.45) is 0 Å². The molecule has 1 aromatic rings. The number of hydrogen-bond acceptors (Lipinski definition) is 3. The van der Waals surface area contributed by atoms with E-state index in [2.05, 4.69) is 41.4 Å². The van der Waals surface area contributed by atoms with Gasteiger partial charge in [-0.3, -0.25) is 4.90 Å². The highest BCUT2D eigenvalue weighted by molar-refractivity contribution is 5.29. The summed E-state index contributed by atoms with van der Waals surface area (Å²) in [6, 6.07) is 9.13. The largest absolute Gasteiger partial charge is 0.381 e. The molecule has 2 aliphatic heterocycles. The molecule has 19 heavy (non-hydrogen) atoms. The lowest BCUT2D eigenvalue weighted by molar-refractivity contribution is -0.0373. The summed E-state index contributed by atoms with van der Waals surface area (Å²) in [6.07, 6.45) is 2.24. The van der Waals surface area contributed by atoms with Crippen LogP contribution in [0.5, 0.6) is 0 Å². The standard InChI is InChI=1S/C16H24N2O/c1-14-2-4-15(5-3-14)16(6-12-19-13-7-16)18-10-8-17-9-11-18/h2-5,17H,6-13H2,1H3. The molecule has 2 saturated heterocycles. The molecule has 0 amide bonds. The maximum absolute atomic E-state index is 5.62. The van der Waals surface area contributed by atoms with Gasteiger partial charge in [-0.15, -0.1) is 0 Å². The van der Waals surface area contributed by atoms with Crippen LogP contribution in [0, 0.1) is 6.92 Å². The molecular formula is C16H24N2O. The molecule has 0 saturated carbocycles. The highest BCUT2D eigenvalue weighted by Gasteiger charge is 2.40. The molecule has 104 valence electrons. The van der Waals surface area contributed by atoms with Gasteiger partial charge in [0, 0.05) is 39.4 Å². The van der Waals surface area contributed by atoms with E-state index in [1.165, 1.54) is 11.1 Å². The van der Waals surface area contributed by atoms with Gasteiger partial charge in [0.1, 0.15) is 0 Å². The molecule has 0 radical (unpaired) electrons. The van der Waals surface area contributed by atoms with Crippen molar-refractivity contribution in [3.05, 3.63) is 35.4 Å². The molecule has 1 N–H and O–H groups in total. The minimum Gasteiger partial charge on any atom is -0.381 e. The van der Waals surface area contributed by atoms with Gasteiger partial charge in [-0.25, -0.2) is 0 Å². The van der Waals surface area contributed by atoms with Gasteiger partial charge in [0.2, 0.25) is 0 Å². The summed E-state index contributed by atoms with van der Waals surface area (Å²) >= 11 is 0. The monoisotopic (exact) mass is 260 g/mol. The minimum atomic E-state index is 0.202. The first kappa shape index (κ1) is 13.1. The lowest BCUT2D eigenvalue weighted by Gasteiger charge is -2.48. The molecule has 3 heteroatoms. The Morgan fingerprint density at radius 3 is 2.32 bits per heavy atom. The van der Waals surface area contributed by atoms with Crippen LogP contribution in [0.1, 0.15) is 24.0 Å². The van der Waals surface area contributed by atoms with Crippen LogP contribution >= 0.6 is 0 Å². The third-order valence-corrected chi connectivity index (χ3v) is 4.63. The van der Waals surface area contributed by atoms with Gasteiger partial charge in [0.15, 0.2) is 0 Å². The summed E-state index contributed by atoms with van der Waals surface area (Å²) in [6.45, 7) is 8.44. The number of hydrogen-bond donors (Lipinski definition) is 1. The zero-order valence-electron chi connectivity index (χ0n) is 11.8. The Morgan fingerprint density at radius 1 is 1.05 bits per heavy atom. The van der Waals surface area contributed by atoms with E-state index >= 15 is 0 Å². The maximum atomic E-state index is 5.62. The molecule has 2 heterocycles. The summed E-state index contributed by atoms with van der Waals surface area (Å²) in [5.41, 5.74) is 3.02. The minimum absolute atomic E-state index is 0.202. The first-order chi connectivity index (χ1) is 9.31. The van der Waals surface area contributed by atoms with Crippen LogP contribution in [0.3, 0.4) is 0 Å². The molecule has 2 aliphatic rings. The second kappa shape index (κ2) is 5.61. The first-order valence-corrected chi connectivity index (χ1v) is 7.42. The summed E-state index contributed by atoms with van der Waals surface area (Å²) in [4.78, 5) is 2.68. The number of rotatable bonds is 2. The summed E-state index contributed by atoms with van der Waals surface area (Å²) < 4.78 is 5.62. The van der Waals surface area contributed by atoms with Crippen molar-refractivity contribution in [1.82, 2.24) is 10.2 Å². The fourth-order valence-electron chi connectivity index (χ4n) is 3.45. The smallest absolute Gasteiger partial charge is 0.0505 e. The quantitative estimate of drug-likeness (QED) is 0.879. The van der Waals surface area contributed by atoms with Gasteiger partial charge in [-0.05, 0) is 25.3 Å². The van der Waals surface area contributed by atoms with Crippen molar-refractivity contribution in [3.8, 4) is 0 Å². The van der Waals surface area contributed by atoms with Gasteiger partial charge in [-0.2, -0.15) is 0 Å². The Kier molecular flexibility index (Phi) is 3.87. The van der Waals surface area contributed by atoms with E-state index in [1.807, 2.05) is 0 Å². The Balaban J connectivity index is 1.93. The SMILES string of the molecule is Cc1ccc(C2(N3CCNCC3)CCOCC2)cc1. The molecule has 0 atom stereocenters. The molecule has 0 spiro atoms. The fraction of sp³-hybridized carbons (Fsp3) is 0.625. The number of nitrogens with zero attached hydrogens (tertiary/aromatic N) is 1. The number of ether oxygens (including phenoxy) is 1. The summed E-state index contributed by atoms with van der Waals surface area (Å²) in [5, 5.41) is 3.46. The van der Waals surface area contributed by atoms with Crippen LogP contribution in [-0.4, -0.2) is 44.3 Å². The average Bonchev–Trinajstić information content (AvgIpc) is 2.49. The number of piperazine rings is 1. The Bertz CT molecular complexity index is 403. The summed E-state index contributed by atoms with van der Waals surface area (Å²) in [7, 11) is 0. The second-order valence-corrected chi connectivity index (χ2v) is 5.75. The normalized spacial score (nSPS) is 24.3. The van der Waals surface area contributed by atoms with Crippen molar-refractivity contribution in [1.29, 1.82) is 0 Å². The maximum Gasteiger partial charge on any atom is 0.0505 e. The Labute approximate surface area is 115 Å². The van der Waals surface area contributed by atoms with E-state index in [-0.39, 0.29) is 5.54 Å². The van der Waals surface area contributed by atoms with Crippen molar-refractivity contribution in [2.75, 3.05) is 39.4 Å². The second-order valence-electron chi connectivity index (χ2n) is 5.75. The molecular weight excluding hydrogens is 236 g/mol. The predicted molar refractivity (Wildman–Crippen MR) is 77.4 cm³/mol. The predicted octanol–water partition coefficient (Wildman–Crippen LogP) is 1.91. The van der Waals surface area contributed by atoms with Gasteiger partial charge in [0.05, 0.1) is 5.54 Å². The molecule has 0 bridgehead atoms. The van der Waals surface area contributed by atoms with E-state index in [9.17, 15) is 0 Å². The Hall–Kier alpha value is -0.900. The van der Waals surface area contributed by atoms with Crippen molar-refractivity contribution < 1.29 is 4.74 Å². The van der Waals surface area contributed by atoms with E-state index in [0.717, 1.165) is 52.2 Å². The van der Waals surface area contributed by atoms with Crippen LogP contribution in [-0.2, 0) is 10.3 Å². The van der Waals surface area contributed by atoms with Crippen molar-refractivity contribution in [2.45, 2.75) is 25.3 Å². The number of nitrogens with one attached hydrogen (secondary N) is 1. The van der Waals surface area contributed by atoms with Crippen molar-refractivity contribution >= 4 is 0 Å². The molecule has 3 nitrogen and oxygen atoms in total. The number of aryl methyl sites for hydroxylation is 1. The van der Waals surface area contributed by atoms with Crippen LogP contribution < -0.4 is 5.32 Å². The van der Waals surface area contributed by atoms with Crippen molar-refractivity contribution in [3.63, 3.8) is 0 Å². The first-order valence-electron chi connectivity index (χ1n) is 7.42. The lowest BCUT2D eigenvalue weighted by atomic mass is 9.80. The van der Waals surface area contributed by atoms with Crippen LogP contribution in [0.4, 0.5) is 0 Å². The molecule has 0 unspecified atom stereocenters. The van der Waals surface area contributed by atoms with E-state index in [1.54, 1.807) is 0 Å². The molecule has 3 rings (SSSR count). The fourth-order valence-corrected chi connectivity index (χ4v) is 3.45. The van der Waals surface area contributed by atoms with Gasteiger partial charge >= 0.3 is 0 Å². The summed E-state index contributed by atoms with van der Waals surface area (Å²) in [5.74, 6) is 0. The zero-order valence-corrected chi connectivity index (χ0v) is 11.8. The molecule has 0 aliphatic carbocycles. The highest BCUT2D eigenvalue weighted by Crippen LogP contribution is 2.38. The number of benzene rings is 1. The topological polar surface area (TPSA) is 24.5 Å². The van der Waals surface area contributed by atoms with Gasteiger partial charge in [-0.1, -0.05) is 29.8 Å². The Morgan fingerprint density at radius 2 is 1.68 bits per heavy atom. The zero-order chi connectivity index (χ0) is 13.1. The third kappa shape index (κ3) is 2.55. The van der Waals surface area contributed by atoms with Gasteiger partial charge < -0.3 is 10.1 Å². The van der Waals surface area contributed by atoms with E-state index in [0.29, 0.717) is 0 Å². The molecule has 0 aromatic heterocycles.